The number of carboxylic acids is 1. The zero-order valence-corrected chi connectivity index (χ0v) is 16.9. The molecule has 1 N–H and O–H groups in total. The van der Waals surface area contributed by atoms with Gasteiger partial charge in [0.05, 0.1) is 10.0 Å². The van der Waals surface area contributed by atoms with Crippen LogP contribution in [0.3, 0.4) is 0 Å². The van der Waals surface area contributed by atoms with E-state index in [1.54, 1.807) is 12.1 Å². The molecule has 3 aliphatic rings. The van der Waals surface area contributed by atoms with Crippen LogP contribution in [0.4, 0.5) is 0 Å². The Balaban J connectivity index is 1.83. The molecule has 0 atom stereocenters. The van der Waals surface area contributed by atoms with Gasteiger partial charge in [0.25, 0.3) is 0 Å². The summed E-state index contributed by atoms with van der Waals surface area (Å²) in [5, 5.41) is 9.06. The molecule has 1 aromatic carbocycles. The standard InChI is InChI=1S/C21H18Cl2O6/c22-11-7-10(8-12(23)21(11)28-9-17(26)27)18-19-13(24)3-1-5-15(19)29-16-6-2-4-14(25)20(16)18/h7-8,18H,1-6,9H2,(H,26,27). The van der Waals surface area contributed by atoms with Crippen LogP contribution in [0.1, 0.15) is 50.0 Å². The predicted octanol–water partition coefficient (Wildman–Crippen LogP) is 4.58. The molecular formula is C21H18Cl2O6. The van der Waals surface area contributed by atoms with Crippen LogP contribution in [0.15, 0.2) is 34.8 Å². The third-order valence-corrected chi connectivity index (χ3v) is 5.90. The second-order valence-corrected chi connectivity index (χ2v) is 8.07. The number of ketones is 2. The van der Waals surface area contributed by atoms with Crippen molar-refractivity contribution in [3.63, 3.8) is 0 Å². The average Bonchev–Trinajstić information content (AvgIpc) is 2.66. The number of hydrogen-bond acceptors (Lipinski definition) is 5. The molecule has 0 aromatic heterocycles. The van der Waals surface area contributed by atoms with E-state index in [1.165, 1.54) is 0 Å². The van der Waals surface area contributed by atoms with Gasteiger partial charge >= 0.3 is 5.97 Å². The first-order valence-corrected chi connectivity index (χ1v) is 10.2. The smallest absolute Gasteiger partial charge is 0.341 e. The number of rotatable bonds is 4. The lowest BCUT2D eigenvalue weighted by atomic mass is 9.73. The van der Waals surface area contributed by atoms with Gasteiger partial charge in [0, 0.05) is 42.7 Å². The zero-order valence-electron chi connectivity index (χ0n) is 15.4. The summed E-state index contributed by atoms with van der Waals surface area (Å²) in [5.74, 6) is -0.524. The van der Waals surface area contributed by atoms with Crippen LogP contribution in [0.2, 0.25) is 10.0 Å². The molecule has 1 aromatic rings. The van der Waals surface area contributed by atoms with Crippen LogP contribution < -0.4 is 4.74 Å². The Kier molecular flexibility index (Phi) is 5.40. The van der Waals surface area contributed by atoms with Gasteiger partial charge in [0.2, 0.25) is 0 Å². The lowest BCUT2D eigenvalue weighted by Crippen LogP contribution is -2.30. The average molecular weight is 437 g/mol. The number of hydrogen-bond donors (Lipinski definition) is 1. The highest BCUT2D eigenvalue weighted by Gasteiger charge is 2.42. The summed E-state index contributed by atoms with van der Waals surface area (Å²) in [6.45, 7) is -0.586. The summed E-state index contributed by atoms with van der Waals surface area (Å²) in [7, 11) is 0. The summed E-state index contributed by atoms with van der Waals surface area (Å²) in [6.07, 6.45) is 3.51. The molecule has 1 aliphatic heterocycles. The second-order valence-electron chi connectivity index (χ2n) is 7.26. The highest BCUT2D eigenvalue weighted by Crippen LogP contribution is 2.49. The van der Waals surface area contributed by atoms with Crippen molar-refractivity contribution in [2.45, 2.75) is 44.4 Å². The van der Waals surface area contributed by atoms with E-state index in [0.29, 0.717) is 66.8 Å². The molecular weight excluding hydrogens is 419 g/mol. The number of aliphatic carboxylic acids is 1. The highest BCUT2D eigenvalue weighted by atomic mass is 35.5. The van der Waals surface area contributed by atoms with Crippen molar-refractivity contribution in [3.8, 4) is 5.75 Å². The van der Waals surface area contributed by atoms with Crippen molar-refractivity contribution >= 4 is 40.7 Å². The van der Waals surface area contributed by atoms with Crippen LogP contribution in [-0.2, 0) is 19.1 Å². The maximum atomic E-state index is 12.8. The van der Waals surface area contributed by atoms with Gasteiger partial charge in [0.1, 0.15) is 11.5 Å². The van der Waals surface area contributed by atoms with E-state index >= 15 is 0 Å². The normalized spacial score (nSPS) is 19.7. The summed E-state index contributed by atoms with van der Waals surface area (Å²) >= 11 is 12.6. The van der Waals surface area contributed by atoms with E-state index in [1.807, 2.05) is 0 Å². The number of carbonyl (C=O) groups is 3. The Morgan fingerprint density at radius 2 is 1.52 bits per heavy atom. The Morgan fingerprint density at radius 3 is 2.00 bits per heavy atom. The van der Waals surface area contributed by atoms with E-state index in [2.05, 4.69) is 0 Å². The predicted molar refractivity (Wildman–Crippen MR) is 105 cm³/mol. The van der Waals surface area contributed by atoms with E-state index < -0.39 is 18.5 Å². The van der Waals surface area contributed by atoms with Crippen LogP contribution >= 0.6 is 23.2 Å². The van der Waals surface area contributed by atoms with E-state index in [9.17, 15) is 14.4 Å². The number of Topliss-reactive ketones (excluding diaryl/α,β-unsaturated/α-hetero) is 2. The van der Waals surface area contributed by atoms with E-state index in [-0.39, 0.29) is 27.4 Å². The minimum Gasteiger partial charge on any atom is -0.479 e. The molecule has 0 amide bonds. The fourth-order valence-corrected chi connectivity index (χ4v) is 4.78. The molecule has 8 heteroatoms. The maximum absolute atomic E-state index is 12.8. The molecule has 152 valence electrons. The molecule has 0 saturated carbocycles. The number of benzene rings is 1. The molecule has 0 fully saturated rings. The molecule has 0 saturated heterocycles. The van der Waals surface area contributed by atoms with Gasteiger partial charge in [-0.3, -0.25) is 9.59 Å². The van der Waals surface area contributed by atoms with Crippen molar-refractivity contribution in [1.82, 2.24) is 0 Å². The lowest BCUT2D eigenvalue weighted by Gasteiger charge is -2.36. The van der Waals surface area contributed by atoms with E-state index in [0.717, 1.165) is 0 Å². The fourth-order valence-electron chi connectivity index (χ4n) is 4.17. The van der Waals surface area contributed by atoms with Gasteiger partial charge in [-0.15, -0.1) is 0 Å². The molecule has 29 heavy (non-hydrogen) atoms. The monoisotopic (exact) mass is 436 g/mol. The fraction of sp³-hybridized carbons (Fsp3) is 0.381. The summed E-state index contributed by atoms with van der Waals surface area (Å²) < 4.78 is 11.2. The van der Waals surface area contributed by atoms with Crippen LogP contribution in [0, 0.1) is 0 Å². The van der Waals surface area contributed by atoms with Crippen molar-refractivity contribution in [2.75, 3.05) is 6.61 Å². The summed E-state index contributed by atoms with van der Waals surface area (Å²) in [5.41, 5.74) is 1.59. The largest absolute Gasteiger partial charge is 0.479 e. The van der Waals surface area contributed by atoms with Crippen molar-refractivity contribution < 1.29 is 29.0 Å². The zero-order chi connectivity index (χ0) is 20.7. The molecule has 0 bridgehead atoms. The Labute approximate surface area is 177 Å². The molecule has 6 nitrogen and oxygen atoms in total. The van der Waals surface area contributed by atoms with Gasteiger partial charge in [-0.05, 0) is 30.5 Å². The number of carboxylic acid groups (broad SMARTS) is 1. The van der Waals surface area contributed by atoms with Crippen molar-refractivity contribution in [2.24, 2.45) is 0 Å². The molecule has 0 spiro atoms. The maximum Gasteiger partial charge on any atom is 0.341 e. The third kappa shape index (κ3) is 3.67. The Hall–Kier alpha value is -2.31. The quantitative estimate of drug-likeness (QED) is 0.742. The minimum absolute atomic E-state index is 0.0420. The second kappa shape index (κ2) is 7.84. The molecule has 0 unspecified atom stereocenters. The van der Waals surface area contributed by atoms with Crippen molar-refractivity contribution in [1.29, 1.82) is 0 Å². The van der Waals surface area contributed by atoms with Crippen LogP contribution in [0.25, 0.3) is 0 Å². The number of ether oxygens (including phenoxy) is 2. The molecule has 1 heterocycles. The summed E-state index contributed by atoms with van der Waals surface area (Å²) in [6, 6.07) is 3.17. The third-order valence-electron chi connectivity index (χ3n) is 5.33. The molecule has 4 rings (SSSR count). The number of halogens is 2. The molecule has 0 radical (unpaired) electrons. The first-order valence-electron chi connectivity index (χ1n) is 9.40. The minimum atomic E-state index is -1.16. The first-order chi connectivity index (χ1) is 13.9. The Bertz CT molecular complexity index is 926. The number of carbonyl (C=O) groups excluding carboxylic acids is 2. The number of allylic oxidation sites excluding steroid dienone is 4. The first kappa shape index (κ1) is 20.0. The van der Waals surface area contributed by atoms with Crippen LogP contribution in [0.5, 0.6) is 5.75 Å². The van der Waals surface area contributed by atoms with Gasteiger partial charge in [-0.2, -0.15) is 0 Å². The lowest BCUT2D eigenvalue weighted by molar-refractivity contribution is -0.139. The SMILES string of the molecule is O=C(O)COc1c(Cl)cc(C2C3=C(CCCC3=O)OC3=C2C(=O)CCC3)cc1Cl. The molecule has 2 aliphatic carbocycles. The summed E-state index contributed by atoms with van der Waals surface area (Å²) in [4.78, 5) is 36.3. The van der Waals surface area contributed by atoms with Crippen LogP contribution in [-0.4, -0.2) is 29.2 Å². The van der Waals surface area contributed by atoms with Gasteiger partial charge in [0.15, 0.2) is 23.9 Å². The van der Waals surface area contributed by atoms with E-state index in [4.69, 9.17) is 37.8 Å². The van der Waals surface area contributed by atoms with Crippen molar-refractivity contribution in [3.05, 3.63) is 50.4 Å². The Morgan fingerprint density at radius 1 is 1.00 bits per heavy atom. The van der Waals surface area contributed by atoms with Gasteiger partial charge in [-0.1, -0.05) is 23.2 Å². The van der Waals surface area contributed by atoms with Gasteiger partial charge < -0.3 is 14.6 Å². The highest BCUT2D eigenvalue weighted by molar-refractivity contribution is 6.37. The topological polar surface area (TPSA) is 89.9 Å². The van der Waals surface area contributed by atoms with Gasteiger partial charge in [-0.25, -0.2) is 4.79 Å².